The summed E-state index contributed by atoms with van der Waals surface area (Å²) in [6.07, 6.45) is 9.98. The van der Waals surface area contributed by atoms with Gasteiger partial charge in [-0.2, -0.15) is 0 Å². The summed E-state index contributed by atoms with van der Waals surface area (Å²) in [4.78, 5) is 14.0. The number of carbonyl (C=O) groups is 1. The minimum absolute atomic E-state index is 0.353. The summed E-state index contributed by atoms with van der Waals surface area (Å²) in [7, 11) is 0. The summed E-state index contributed by atoms with van der Waals surface area (Å²) >= 11 is 0. The molecule has 0 fully saturated rings. The Balaban J connectivity index is 2.89. The standard InChI is InChI=1S/C16H26N2O2/c1-4-13-20-16(11-12-18(5-2)6-3)10-8-7-9-14(16)15(17)19/h4,7-10,14H,1,5-6,11-13H2,2-3H3,(H2,17,19). The van der Waals surface area contributed by atoms with Crippen LogP contribution < -0.4 is 5.73 Å². The molecule has 4 nitrogen and oxygen atoms in total. The Morgan fingerprint density at radius 3 is 2.70 bits per heavy atom. The maximum Gasteiger partial charge on any atom is 0.227 e. The summed E-state index contributed by atoms with van der Waals surface area (Å²) in [6.45, 7) is 11.2. The van der Waals surface area contributed by atoms with Gasteiger partial charge in [-0.25, -0.2) is 0 Å². The molecule has 0 radical (unpaired) electrons. The van der Waals surface area contributed by atoms with E-state index in [1.165, 1.54) is 0 Å². The first-order valence-electron chi connectivity index (χ1n) is 7.22. The minimum atomic E-state index is -0.655. The van der Waals surface area contributed by atoms with E-state index in [0.29, 0.717) is 6.61 Å². The van der Waals surface area contributed by atoms with Crippen molar-refractivity contribution in [3.8, 4) is 0 Å². The van der Waals surface area contributed by atoms with E-state index in [1.54, 1.807) is 6.08 Å². The highest BCUT2D eigenvalue weighted by atomic mass is 16.5. The van der Waals surface area contributed by atoms with E-state index in [9.17, 15) is 4.79 Å². The van der Waals surface area contributed by atoms with Crippen molar-refractivity contribution < 1.29 is 9.53 Å². The molecule has 1 aliphatic rings. The number of hydrogen-bond donors (Lipinski definition) is 1. The van der Waals surface area contributed by atoms with Crippen LogP contribution in [0.1, 0.15) is 20.3 Å². The van der Waals surface area contributed by atoms with Crippen LogP contribution in [0.4, 0.5) is 0 Å². The lowest BCUT2D eigenvalue weighted by atomic mass is 9.80. The van der Waals surface area contributed by atoms with E-state index < -0.39 is 11.5 Å². The first kappa shape index (κ1) is 16.7. The first-order chi connectivity index (χ1) is 9.59. The number of carbonyl (C=O) groups excluding carboxylic acids is 1. The zero-order valence-electron chi connectivity index (χ0n) is 12.5. The summed E-state index contributed by atoms with van der Waals surface area (Å²) in [5.74, 6) is -0.780. The van der Waals surface area contributed by atoms with E-state index in [-0.39, 0.29) is 5.91 Å². The number of allylic oxidation sites excluding steroid dienone is 2. The molecule has 0 aromatic heterocycles. The van der Waals surface area contributed by atoms with Crippen LogP contribution in [-0.2, 0) is 9.53 Å². The van der Waals surface area contributed by atoms with Gasteiger partial charge in [0.25, 0.3) is 0 Å². The Kier molecular flexibility index (Phi) is 6.68. The molecule has 20 heavy (non-hydrogen) atoms. The van der Waals surface area contributed by atoms with E-state index in [0.717, 1.165) is 26.1 Å². The van der Waals surface area contributed by atoms with E-state index in [4.69, 9.17) is 10.5 Å². The second kappa shape index (κ2) is 8.02. The van der Waals surface area contributed by atoms with Gasteiger partial charge in [0.1, 0.15) is 5.60 Å². The molecule has 0 aliphatic heterocycles. The lowest BCUT2D eigenvalue weighted by Gasteiger charge is -2.38. The van der Waals surface area contributed by atoms with Crippen molar-refractivity contribution in [1.82, 2.24) is 4.90 Å². The van der Waals surface area contributed by atoms with Crippen molar-refractivity contribution in [3.63, 3.8) is 0 Å². The Hall–Kier alpha value is -1.39. The third-order valence-corrected chi connectivity index (χ3v) is 3.81. The molecular weight excluding hydrogens is 252 g/mol. The van der Waals surface area contributed by atoms with Gasteiger partial charge in [-0.05, 0) is 19.5 Å². The SMILES string of the molecule is C=CCOC1(CCN(CC)CC)C=CC=CC1C(N)=O. The lowest BCUT2D eigenvalue weighted by molar-refractivity contribution is -0.129. The van der Waals surface area contributed by atoms with Crippen LogP contribution in [0.15, 0.2) is 37.0 Å². The molecule has 1 rings (SSSR count). The molecule has 4 heteroatoms. The van der Waals surface area contributed by atoms with Crippen LogP contribution in [0.2, 0.25) is 0 Å². The lowest BCUT2D eigenvalue weighted by Crippen LogP contribution is -2.48. The van der Waals surface area contributed by atoms with Crippen molar-refractivity contribution in [2.24, 2.45) is 11.7 Å². The number of primary amides is 1. The minimum Gasteiger partial charge on any atom is -0.369 e. The van der Waals surface area contributed by atoms with Crippen molar-refractivity contribution >= 4 is 5.91 Å². The largest absolute Gasteiger partial charge is 0.369 e. The average molecular weight is 278 g/mol. The molecule has 1 amide bonds. The molecule has 0 aromatic carbocycles. The number of nitrogens with zero attached hydrogens (tertiary/aromatic N) is 1. The van der Waals surface area contributed by atoms with Gasteiger partial charge in [0, 0.05) is 6.54 Å². The average Bonchev–Trinajstić information content (AvgIpc) is 2.46. The second-order valence-electron chi connectivity index (χ2n) is 4.96. The topological polar surface area (TPSA) is 55.6 Å². The van der Waals surface area contributed by atoms with E-state index in [2.05, 4.69) is 25.3 Å². The Morgan fingerprint density at radius 2 is 2.15 bits per heavy atom. The molecule has 0 heterocycles. The van der Waals surface area contributed by atoms with Gasteiger partial charge >= 0.3 is 0 Å². The van der Waals surface area contributed by atoms with Gasteiger partial charge in [-0.1, -0.05) is 44.2 Å². The predicted octanol–water partition coefficient (Wildman–Crippen LogP) is 1.89. The van der Waals surface area contributed by atoms with Crippen LogP contribution in [-0.4, -0.2) is 42.6 Å². The number of ether oxygens (including phenoxy) is 1. The van der Waals surface area contributed by atoms with Crippen molar-refractivity contribution in [3.05, 3.63) is 37.0 Å². The van der Waals surface area contributed by atoms with Crippen LogP contribution in [0.5, 0.6) is 0 Å². The number of hydrogen-bond acceptors (Lipinski definition) is 3. The van der Waals surface area contributed by atoms with Crippen molar-refractivity contribution in [2.45, 2.75) is 25.9 Å². The molecule has 0 bridgehead atoms. The van der Waals surface area contributed by atoms with Gasteiger partial charge in [0.15, 0.2) is 0 Å². The maximum atomic E-state index is 11.7. The summed E-state index contributed by atoms with van der Waals surface area (Å²) in [5.41, 5.74) is 4.89. The zero-order valence-corrected chi connectivity index (χ0v) is 12.5. The molecule has 1 aliphatic carbocycles. The van der Waals surface area contributed by atoms with E-state index >= 15 is 0 Å². The van der Waals surface area contributed by atoms with Crippen LogP contribution in [0.3, 0.4) is 0 Å². The first-order valence-corrected chi connectivity index (χ1v) is 7.22. The zero-order chi connectivity index (χ0) is 15.0. The second-order valence-corrected chi connectivity index (χ2v) is 4.96. The van der Waals surface area contributed by atoms with Crippen molar-refractivity contribution in [2.75, 3.05) is 26.2 Å². The summed E-state index contributed by atoms with van der Waals surface area (Å²) in [5, 5.41) is 0. The van der Waals surface area contributed by atoms with Crippen LogP contribution in [0.25, 0.3) is 0 Å². The van der Waals surface area contributed by atoms with E-state index in [1.807, 2.05) is 24.3 Å². The monoisotopic (exact) mass is 278 g/mol. The number of amides is 1. The fraction of sp³-hybridized carbons (Fsp3) is 0.562. The third kappa shape index (κ3) is 4.05. The fourth-order valence-electron chi connectivity index (χ4n) is 2.53. The fourth-order valence-corrected chi connectivity index (χ4v) is 2.53. The number of rotatable bonds is 9. The van der Waals surface area contributed by atoms with Gasteiger partial charge in [-0.3, -0.25) is 4.79 Å². The molecule has 0 spiro atoms. The Morgan fingerprint density at radius 1 is 1.45 bits per heavy atom. The highest BCUT2D eigenvalue weighted by molar-refractivity contribution is 5.81. The molecule has 0 saturated carbocycles. The summed E-state index contributed by atoms with van der Waals surface area (Å²) in [6, 6.07) is 0. The Bertz CT molecular complexity index is 386. The van der Waals surface area contributed by atoms with Crippen molar-refractivity contribution in [1.29, 1.82) is 0 Å². The molecule has 112 valence electrons. The summed E-state index contributed by atoms with van der Waals surface area (Å²) < 4.78 is 5.95. The van der Waals surface area contributed by atoms with Crippen LogP contribution >= 0.6 is 0 Å². The highest BCUT2D eigenvalue weighted by Crippen LogP contribution is 2.32. The molecule has 2 unspecified atom stereocenters. The molecule has 0 aromatic rings. The maximum absolute atomic E-state index is 11.7. The van der Waals surface area contributed by atoms with Gasteiger partial charge < -0.3 is 15.4 Å². The smallest absolute Gasteiger partial charge is 0.227 e. The van der Waals surface area contributed by atoms with Gasteiger partial charge in [-0.15, -0.1) is 6.58 Å². The van der Waals surface area contributed by atoms with Gasteiger partial charge in [0.2, 0.25) is 5.91 Å². The number of nitrogens with two attached hydrogens (primary N) is 1. The normalized spacial score (nSPS) is 25.1. The molecule has 2 atom stereocenters. The molecule has 2 N–H and O–H groups in total. The predicted molar refractivity (Wildman–Crippen MR) is 82.2 cm³/mol. The third-order valence-electron chi connectivity index (χ3n) is 3.81. The molecular formula is C16H26N2O2. The van der Waals surface area contributed by atoms with Crippen LogP contribution in [0, 0.1) is 5.92 Å². The quantitative estimate of drug-likeness (QED) is 0.655. The molecule has 0 saturated heterocycles. The van der Waals surface area contributed by atoms with Gasteiger partial charge in [0.05, 0.1) is 12.5 Å². The highest BCUT2D eigenvalue weighted by Gasteiger charge is 2.40. The Labute approximate surface area is 122 Å².